The molecular weight excluding hydrogens is 378 g/mol. The molecule has 148 valence electrons. The number of halogens is 1. The average molecular weight is 402 g/mol. The minimum absolute atomic E-state index is 0.0635. The first-order valence-corrected chi connectivity index (χ1v) is 9.82. The number of anilines is 1. The summed E-state index contributed by atoms with van der Waals surface area (Å²) in [4.78, 5) is 25.2. The van der Waals surface area contributed by atoms with E-state index in [0.717, 1.165) is 24.6 Å². The number of non-ortho nitro benzene ring substituents is 1. The highest BCUT2D eigenvalue weighted by molar-refractivity contribution is 6.34. The van der Waals surface area contributed by atoms with Crippen molar-refractivity contribution >= 4 is 28.9 Å². The molecule has 0 radical (unpaired) electrons. The fourth-order valence-electron chi connectivity index (χ4n) is 3.40. The topological polar surface area (TPSA) is 75.5 Å². The van der Waals surface area contributed by atoms with Gasteiger partial charge in [-0.3, -0.25) is 14.9 Å². The Bertz CT molecular complexity index is 862. The van der Waals surface area contributed by atoms with Crippen molar-refractivity contribution in [3.8, 4) is 0 Å². The van der Waals surface area contributed by atoms with Crippen molar-refractivity contribution in [1.82, 2.24) is 5.32 Å². The van der Waals surface area contributed by atoms with Crippen LogP contribution in [0.5, 0.6) is 0 Å². The van der Waals surface area contributed by atoms with Crippen LogP contribution in [-0.4, -0.2) is 23.9 Å². The fourth-order valence-corrected chi connectivity index (χ4v) is 3.66. The Morgan fingerprint density at radius 3 is 2.43 bits per heavy atom. The van der Waals surface area contributed by atoms with E-state index in [9.17, 15) is 14.9 Å². The maximum atomic E-state index is 12.5. The highest BCUT2D eigenvalue weighted by atomic mass is 35.5. The summed E-state index contributed by atoms with van der Waals surface area (Å²) in [7, 11) is 0. The second-order valence-electron chi connectivity index (χ2n) is 7.38. The number of piperidine rings is 1. The van der Waals surface area contributed by atoms with Crippen LogP contribution in [0.4, 0.5) is 11.4 Å². The molecule has 1 heterocycles. The van der Waals surface area contributed by atoms with Crippen LogP contribution in [0.1, 0.15) is 48.7 Å². The quantitative estimate of drug-likeness (QED) is 0.566. The summed E-state index contributed by atoms with van der Waals surface area (Å²) >= 11 is 6.04. The third-order valence-electron chi connectivity index (χ3n) is 5.30. The molecule has 0 aliphatic carbocycles. The number of amides is 1. The van der Waals surface area contributed by atoms with Gasteiger partial charge < -0.3 is 10.2 Å². The molecule has 3 rings (SSSR count). The third kappa shape index (κ3) is 4.62. The van der Waals surface area contributed by atoms with Gasteiger partial charge in [0.25, 0.3) is 11.6 Å². The minimum atomic E-state index is -0.541. The zero-order valence-electron chi connectivity index (χ0n) is 16.0. The van der Waals surface area contributed by atoms with Crippen molar-refractivity contribution in [2.75, 3.05) is 18.0 Å². The SMILES string of the molecule is CC1CCN(c2ccc([C@@H](C)NC(=O)c3ccc([N+](=O)[O-])cc3Cl)cc2)CC1. The number of nitrogens with zero attached hydrogens (tertiary/aromatic N) is 2. The van der Waals surface area contributed by atoms with Crippen LogP contribution in [0.15, 0.2) is 42.5 Å². The molecule has 0 unspecified atom stereocenters. The molecule has 28 heavy (non-hydrogen) atoms. The molecule has 2 aromatic rings. The van der Waals surface area contributed by atoms with Gasteiger partial charge >= 0.3 is 0 Å². The normalized spacial score (nSPS) is 15.9. The molecule has 0 bridgehead atoms. The van der Waals surface area contributed by atoms with Crippen LogP contribution >= 0.6 is 11.6 Å². The van der Waals surface area contributed by atoms with Crippen molar-refractivity contribution < 1.29 is 9.72 Å². The Hall–Kier alpha value is -2.60. The Morgan fingerprint density at radius 1 is 1.21 bits per heavy atom. The van der Waals surface area contributed by atoms with E-state index in [4.69, 9.17) is 11.6 Å². The van der Waals surface area contributed by atoms with Crippen molar-refractivity contribution in [2.45, 2.75) is 32.7 Å². The van der Waals surface area contributed by atoms with Crippen LogP contribution in [0, 0.1) is 16.0 Å². The summed E-state index contributed by atoms with van der Waals surface area (Å²) < 4.78 is 0. The lowest BCUT2D eigenvalue weighted by atomic mass is 9.98. The largest absolute Gasteiger partial charge is 0.372 e. The molecule has 2 aromatic carbocycles. The average Bonchev–Trinajstić information content (AvgIpc) is 2.68. The number of hydrogen-bond acceptors (Lipinski definition) is 4. The Labute approximate surface area is 169 Å². The van der Waals surface area contributed by atoms with Gasteiger partial charge in [-0.25, -0.2) is 0 Å². The molecule has 7 heteroatoms. The first-order chi connectivity index (χ1) is 13.3. The second-order valence-corrected chi connectivity index (χ2v) is 7.78. The van der Waals surface area contributed by atoms with Crippen LogP contribution < -0.4 is 10.2 Å². The Balaban J connectivity index is 1.65. The lowest BCUT2D eigenvalue weighted by molar-refractivity contribution is -0.384. The molecule has 1 saturated heterocycles. The van der Waals surface area contributed by atoms with E-state index < -0.39 is 4.92 Å². The van der Waals surface area contributed by atoms with E-state index in [-0.39, 0.29) is 28.2 Å². The van der Waals surface area contributed by atoms with Gasteiger partial charge in [0.1, 0.15) is 0 Å². The van der Waals surface area contributed by atoms with E-state index in [1.807, 2.05) is 19.1 Å². The summed E-state index contributed by atoms with van der Waals surface area (Å²) in [6, 6.07) is 11.9. The number of nitrogens with one attached hydrogen (secondary N) is 1. The predicted molar refractivity (Wildman–Crippen MR) is 111 cm³/mol. The van der Waals surface area contributed by atoms with Crippen molar-refractivity contribution in [2.24, 2.45) is 5.92 Å². The minimum Gasteiger partial charge on any atom is -0.372 e. The van der Waals surface area contributed by atoms with Crippen molar-refractivity contribution in [3.05, 3.63) is 68.7 Å². The maximum Gasteiger partial charge on any atom is 0.270 e. The Kier molecular flexibility index (Phi) is 6.19. The second kappa shape index (κ2) is 8.61. The molecule has 1 N–H and O–H groups in total. The first-order valence-electron chi connectivity index (χ1n) is 9.45. The van der Waals surface area contributed by atoms with Gasteiger partial charge in [-0.05, 0) is 49.4 Å². The smallest absolute Gasteiger partial charge is 0.270 e. The van der Waals surface area contributed by atoms with Crippen LogP contribution in [-0.2, 0) is 0 Å². The van der Waals surface area contributed by atoms with Crippen LogP contribution in [0.25, 0.3) is 0 Å². The Morgan fingerprint density at radius 2 is 1.86 bits per heavy atom. The number of rotatable bonds is 5. The number of carbonyl (C=O) groups excluding carboxylic acids is 1. The highest BCUT2D eigenvalue weighted by Gasteiger charge is 2.19. The van der Waals surface area contributed by atoms with Gasteiger partial charge in [-0.15, -0.1) is 0 Å². The van der Waals surface area contributed by atoms with Gasteiger partial charge in [-0.2, -0.15) is 0 Å². The predicted octanol–water partition coefficient (Wildman–Crippen LogP) is 4.98. The summed E-state index contributed by atoms with van der Waals surface area (Å²) in [5.41, 5.74) is 2.27. The van der Waals surface area contributed by atoms with E-state index in [1.54, 1.807) is 0 Å². The van der Waals surface area contributed by atoms with Gasteiger partial charge in [0, 0.05) is 30.9 Å². The zero-order chi connectivity index (χ0) is 20.3. The molecule has 1 atom stereocenters. The monoisotopic (exact) mass is 401 g/mol. The molecule has 0 aromatic heterocycles. The van der Waals surface area contributed by atoms with E-state index in [1.165, 1.54) is 36.7 Å². The molecule has 6 nitrogen and oxygen atoms in total. The number of carbonyl (C=O) groups is 1. The molecule has 0 saturated carbocycles. The van der Waals surface area contributed by atoms with Gasteiger partial charge in [0.15, 0.2) is 0 Å². The van der Waals surface area contributed by atoms with Gasteiger partial charge in [0.05, 0.1) is 21.6 Å². The lowest BCUT2D eigenvalue weighted by Gasteiger charge is -2.32. The number of benzene rings is 2. The first kappa shape index (κ1) is 20.1. The van der Waals surface area contributed by atoms with Gasteiger partial charge in [0.2, 0.25) is 0 Å². The zero-order valence-corrected chi connectivity index (χ0v) is 16.8. The van der Waals surface area contributed by atoms with Crippen LogP contribution in [0.3, 0.4) is 0 Å². The lowest BCUT2D eigenvalue weighted by Crippen LogP contribution is -2.32. The van der Waals surface area contributed by atoms with Gasteiger partial charge in [-0.1, -0.05) is 30.7 Å². The van der Waals surface area contributed by atoms with Crippen molar-refractivity contribution in [1.29, 1.82) is 0 Å². The fraction of sp³-hybridized carbons (Fsp3) is 0.381. The summed E-state index contributed by atoms with van der Waals surface area (Å²) in [5.74, 6) is 0.429. The number of hydrogen-bond donors (Lipinski definition) is 1. The van der Waals surface area contributed by atoms with E-state index in [0.29, 0.717) is 0 Å². The molecule has 1 amide bonds. The highest BCUT2D eigenvalue weighted by Crippen LogP contribution is 2.26. The molecule has 1 aliphatic heterocycles. The maximum absolute atomic E-state index is 12.5. The molecule has 1 aliphatic rings. The van der Waals surface area contributed by atoms with Crippen LogP contribution in [0.2, 0.25) is 5.02 Å². The summed E-state index contributed by atoms with van der Waals surface area (Å²) in [5, 5.41) is 13.8. The molecular formula is C21H24ClN3O3. The number of nitro benzene ring substituents is 1. The molecule has 0 spiro atoms. The third-order valence-corrected chi connectivity index (χ3v) is 5.61. The van der Waals surface area contributed by atoms with E-state index in [2.05, 4.69) is 29.3 Å². The summed E-state index contributed by atoms with van der Waals surface area (Å²) in [6.45, 7) is 6.34. The van der Waals surface area contributed by atoms with E-state index >= 15 is 0 Å². The standard InChI is InChI=1S/C21H24ClN3O3/c1-14-9-11-24(12-10-14)17-5-3-16(4-6-17)15(2)23-21(26)19-8-7-18(25(27)28)13-20(19)22/h3-8,13-15H,9-12H2,1-2H3,(H,23,26)/t15-/m1/s1. The molecule has 1 fully saturated rings. The number of nitro groups is 1. The van der Waals surface area contributed by atoms with Crippen molar-refractivity contribution in [3.63, 3.8) is 0 Å². The summed E-state index contributed by atoms with van der Waals surface area (Å²) in [6.07, 6.45) is 2.43.